The van der Waals surface area contributed by atoms with Gasteiger partial charge in [-0.15, -0.1) is 32.9 Å². The molecule has 2 aliphatic carbocycles. The number of hydrogen-bond donors (Lipinski definition) is 4. The molecule has 0 bridgehead atoms. The van der Waals surface area contributed by atoms with Crippen LogP contribution in [0.15, 0.2) is 12.1 Å². The number of fused-ring (bicyclic) bond motifs is 3. The van der Waals surface area contributed by atoms with Crippen molar-refractivity contribution in [1.82, 2.24) is 41.5 Å². The van der Waals surface area contributed by atoms with Gasteiger partial charge in [0.05, 0.1) is 27.8 Å². The van der Waals surface area contributed by atoms with E-state index in [9.17, 15) is 19.6 Å². The Balaban J connectivity index is 1.36. The number of nitrogens with zero attached hydrogens (tertiary/aromatic N) is 5. The Morgan fingerprint density at radius 2 is 1.93 bits per heavy atom. The fourth-order valence-electron chi connectivity index (χ4n) is 6.21. The predicted molar refractivity (Wildman–Crippen MR) is 147 cm³/mol. The molecule has 4 atom stereocenters. The molecule has 40 heavy (non-hydrogen) atoms. The van der Waals surface area contributed by atoms with Gasteiger partial charge in [0, 0.05) is 29.9 Å². The molecule has 6 rings (SSSR count). The lowest BCUT2D eigenvalue weighted by molar-refractivity contribution is -0.131. The molecule has 0 spiro atoms. The maximum Gasteiger partial charge on any atom is 0.261 e. The van der Waals surface area contributed by atoms with Crippen LogP contribution in [0.3, 0.4) is 0 Å². The van der Waals surface area contributed by atoms with Gasteiger partial charge in [-0.2, -0.15) is 10.5 Å². The van der Waals surface area contributed by atoms with Gasteiger partial charge >= 0.3 is 0 Å². The maximum absolute atomic E-state index is 13.1. The summed E-state index contributed by atoms with van der Waals surface area (Å²) in [6, 6.07) is 5.96. The second-order valence-electron chi connectivity index (χ2n) is 10.4. The molecule has 208 valence electrons. The number of amides is 3. The SMILES string of the molecule is CNC(=O)c1cc2c(s1)CCc1cc(C(=O)NC)sc1C2(CCNCC(=O)N1C(C#N)C[C@@H]2C[C@@H]21)c1nn[nH]n1. The minimum absolute atomic E-state index is 0.0668. The monoisotopic (exact) mass is 579 g/mol. The molecular weight excluding hydrogens is 550 g/mol. The van der Waals surface area contributed by atoms with Crippen LogP contribution < -0.4 is 16.0 Å². The van der Waals surface area contributed by atoms with E-state index in [0.717, 1.165) is 33.7 Å². The fraction of sp³-hybridized carbons (Fsp3) is 0.500. The number of rotatable bonds is 8. The Hall–Kier alpha value is -3.67. The molecule has 0 radical (unpaired) electrons. The van der Waals surface area contributed by atoms with E-state index in [1.807, 2.05) is 12.1 Å². The zero-order valence-corrected chi connectivity index (χ0v) is 23.7. The van der Waals surface area contributed by atoms with Crippen LogP contribution in [0, 0.1) is 17.2 Å². The number of H-pyrrole nitrogens is 1. The lowest BCUT2D eigenvalue weighted by Crippen LogP contribution is -2.44. The van der Waals surface area contributed by atoms with Gasteiger partial charge in [0.25, 0.3) is 11.8 Å². The number of hydrogen-bond acceptors (Lipinski definition) is 10. The zero-order valence-electron chi connectivity index (χ0n) is 22.1. The van der Waals surface area contributed by atoms with Crippen molar-refractivity contribution in [2.24, 2.45) is 5.92 Å². The van der Waals surface area contributed by atoms with Gasteiger partial charge in [-0.25, -0.2) is 0 Å². The molecule has 4 heterocycles. The van der Waals surface area contributed by atoms with Crippen LogP contribution in [0.4, 0.5) is 0 Å². The molecule has 4 N–H and O–H groups in total. The average molecular weight is 580 g/mol. The summed E-state index contributed by atoms with van der Waals surface area (Å²) in [7, 11) is 3.21. The summed E-state index contributed by atoms with van der Waals surface area (Å²) >= 11 is 2.85. The number of aromatic nitrogens is 4. The summed E-state index contributed by atoms with van der Waals surface area (Å²) in [5.74, 6) is 0.498. The van der Waals surface area contributed by atoms with E-state index >= 15 is 0 Å². The first-order chi connectivity index (χ1) is 19.4. The largest absolute Gasteiger partial charge is 0.354 e. The second-order valence-corrected chi connectivity index (χ2v) is 12.6. The third-order valence-electron chi connectivity index (χ3n) is 8.21. The van der Waals surface area contributed by atoms with Gasteiger partial charge < -0.3 is 20.9 Å². The van der Waals surface area contributed by atoms with Crippen LogP contribution in [-0.4, -0.2) is 82.5 Å². The van der Waals surface area contributed by atoms with Crippen molar-refractivity contribution in [2.45, 2.75) is 49.6 Å². The first-order valence-corrected chi connectivity index (χ1v) is 14.9. The molecule has 12 nitrogen and oxygen atoms in total. The number of thiophene rings is 2. The second kappa shape index (κ2) is 10.4. The third-order valence-corrected chi connectivity index (χ3v) is 10.7. The number of likely N-dealkylation sites (tertiary alicyclic amines) is 1. The van der Waals surface area contributed by atoms with Gasteiger partial charge in [-0.1, -0.05) is 5.21 Å². The first kappa shape index (κ1) is 26.5. The molecule has 2 unspecified atom stereocenters. The molecule has 1 aliphatic heterocycles. The van der Waals surface area contributed by atoms with Crippen molar-refractivity contribution in [3.8, 4) is 6.07 Å². The average Bonchev–Trinajstić information content (AvgIpc) is 3.46. The van der Waals surface area contributed by atoms with E-state index in [1.54, 1.807) is 19.0 Å². The zero-order chi connectivity index (χ0) is 28.0. The molecule has 2 fully saturated rings. The quantitative estimate of drug-likeness (QED) is 0.286. The standard InChI is InChI=1S/C26H29N9O3S2/c1-28-23(37)19-9-13-3-4-18-16(10-20(39-18)24(38)29-2)26(22(13)40-19,25-31-33-34-32-25)5-6-30-12-21(36)35-15(11-27)7-14-8-17(14)35/h9-10,14-15,17,30H,3-8,12H2,1-2H3,(H,28,37)(H,29,38)(H,31,32,33,34)/t14-,15?,17+,26?/m1/s1. The highest BCUT2D eigenvalue weighted by molar-refractivity contribution is 7.15. The number of nitrogens with one attached hydrogen (secondary N) is 4. The highest BCUT2D eigenvalue weighted by atomic mass is 32.1. The van der Waals surface area contributed by atoms with E-state index in [4.69, 9.17) is 0 Å². The molecule has 14 heteroatoms. The van der Waals surface area contributed by atoms with Gasteiger partial charge in [0.15, 0.2) is 5.82 Å². The molecule has 3 aliphatic rings. The summed E-state index contributed by atoms with van der Waals surface area (Å²) in [6.07, 6.45) is 3.60. The Morgan fingerprint density at radius 1 is 1.15 bits per heavy atom. The molecule has 1 saturated carbocycles. The predicted octanol–water partition coefficient (Wildman–Crippen LogP) is 0.968. The molecule has 3 amide bonds. The third kappa shape index (κ3) is 4.29. The van der Waals surface area contributed by atoms with Crippen molar-refractivity contribution < 1.29 is 14.4 Å². The minimum atomic E-state index is -0.894. The number of tetrazole rings is 1. The molecule has 0 aromatic carbocycles. The molecule has 3 aromatic rings. The van der Waals surface area contributed by atoms with Crippen molar-refractivity contribution in [2.75, 3.05) is 27.2 Å². The smallest absolute Gasteiger partial charge is 0.261 e. The van der Waals surface area contributed by atoms with Gasteiger partial charge in [0.1, 0.15) is 6.04 Å². The van der Waals surface area contributed by atoms with E-state index in [1.165, 1.54) is 22.7 Å². The Bertz CT molecular complexity index is 1440. The normalized spacial score (nSPS) is 24.3. The van der Waals surface area contributed by atoms with Gasteiger partial charge in [-0.05, 0) is 67.8 Å². The summed E-state index contributed by atoms with van der Waals surface area (Å²) < 4.78 is 0. The first-order valence-electron chi connectivity index (χ1n) is 13.3. The number of aromatic amines is 1. The summed E-state index contributed by atoms with van der Waals surface area (Å²) in [5.41, 5.74) is 1.05. The number of piperidine rings is 1. The Morgan fingerprint density at radius 3 is 2.62 bits per heavy atom. The number of aryl methyl sites for hydroxylation is 2. The molecule has 3 aromatic heterocycles. The van der Waals surface area contributed by atoms with Crippen molar-refractivity contribution >= 4 is 40.4 Å². The Labute approximate surface area is 238 Å². The summed E-state index contributed by atoms with van der Waals surface area (Å²) in [5, 5.41) is 33.6. The number of carbonyl (C=O) groups is 3. The Kier molecular flexibility index (Phi) is 6.89. The van der Waals surface area contributed by atoms with E-state index in [0.29, 0.717) is 47.3 Å². The van der Waals surface area contributed by atoms with E-state index in [2.05, 4.69) is 42.6 Å². The highest BCUT2D eigenvalue weighted by Crippen LogP contribution is 2.51. The summed E-state index contributed by atoms with van der Waals surface area (Å²) in [6.45, 7) is 0.543. The van der Waals surface area contributed by atoms with E-state index < -0.39 is 5.41 Å². The van der Waals surface area contributed by atoms with Gasteiger partial charge in [-0.3, -0.25) is 14.4 Å². The van der Waals surface area contributed by atoms with Crippen LogP contribution >= 0.6 is 22.7 Å². The van der Waals surface area contributed by atoms with Gasteiger partial charge in [0.2, 0.25) is 5.91 Å². The molecule has 1 saturated heterocycles. The lowest BCUT2D eigenvalue weighted by atomic mass is 9.75. The highest BCUT2D eigenvalue weighted by Gasteiger charge is 2.54. The fourth-order valence-corrected chi connectivity index (χ4v) is 8.78. The minimum Gasteiger partial charge on any atom is -0.354 e. The summed E-state index contributed by atoms with van der Waals surface area (Å²) in [4.78, 5) is 43.3. The van der Waals surface area contributed by atoms with Crippen LogP contribution in [0.1, 0.15) is 65.3 Å². The van der Waals surface area contributed by atoms with Crippen molar-refractivity contribution in [3.63, 3.8) is 0 Å². The number of carbonyl (C=O) groups excluding carboxylic acids is 3. The topological polar surface area (TPSA) is 169 Å². The lowest BCUT2D eigenvalue weighted by Gasteiger charge is -2.31. The van der Waals surface area contributed by atoms with Crippen molar-refractivity contribution in [3.05, 3.63) is 48.6 Å². The van der Waals surface area contributed by atoms with E-state index in [-0.39, 0.29) is 36.3 Å². The van der Waals surface area contributed by atoms with Crippen LogP contribution in [0.2, 0.25) is 0 Å². The maximum atomic E-state index is 13.1. The number of nitriles is 1. The van der Waals surface area contributed by atoms with Crippen molar-refractivity contribution in [1.29, 1.82) is 5.26 Å². The molecular formula is C26H29N9O3S2. The van der Waals surface area contributed by atoms with Crippen LogP contribution in [0.5, 0.6) is 0 Å². The van der Waals surface area contributed by atoms with Crippen LogP contribution in [0.25, 0.3) is 0 Å². The van der Waals surface area contributed by atoms with Crippen LogP contribution in [-0.2, 0) is 23.1 Å².